The lowest BCUT2D eigenvalue weighted by Gasteiger charge is -2.09. The minimum absolute atomic E-state index is 0.786. The Morgan fingerprint density at radius 1 is 0.750 bits per heavy atom. The van der Waals surface area contributed by atoms with Crippen LogP contribution in [0.3, 0.4) is 0 Å². The first kappa shape index (κ1) is 16.9. The smallest absolute Gasteiger partial charge is 0.123 e. The lowest BCUT2D eigenvalue weighted by atomic mass is 10.2. The van der Waals surface area contributed by atoms with E-state index in [2.05, 4.69) is 19.9 Å². The van der Waals surface area contributed by atoms with Gasteiger partial charge in [0.1, 0.15) is 11.5 Å². The molecule has 1 aromatic rings. The highest BCUT2D eigenvalue weighted by atomic mass is 16.5. The molecule has 1 radical (unpaired) electrons. The van der Waals surface area contributed by atoms with Gasteiger partial charge in [0, 0.05) is 6.07 Å². The molecule has 0 aliphatic rings. The van der Waals surface area contributed by atoms with Crippen LogP contribution in [0, 0.1) is 6.07 Å². The van der Waals surface area contributed by atoms with Crippen LogP contribution in [-0.2, 0) is 0 Å². The van der Waals surface area contributed by atoms with Crippen molar-refractivity contribution in [3.8, 4) is 11.5 Å². The first-order valence-electron chi connectivity index (χ1n) is 8.13. The minimum atomic E-state index is 0.786. The van der Waals surface area contributed by atoms with Crippen molar-refractivity contribution in [1.82, 2.24) is 0 Å². The Balaban J connectivity index is 2.19. The van der Waals surface area contributed by atoms with Gasteiger partial charge in [-0.05, 0) is 31.0 Å². The molecule has 0 amide bonds. The highest BCUT2D eigenvalue weighted by Gasteiger charge is 1.98. The Bertz CT molecular complexity index is 307. The molecule has 2 nitrogen and oxygen atoms in total. The van der Waals surface area contributed by atoms with Crippen LogP contribution in [0.25, 0.3) is 0 Å². The topological polar surface area (TPSA) is 18.5 Å². The average Bonchev–Trinajstić information content (AvgIpc) is 2.47. The molecular formula is C18H29O2. The zero-order valence-electron chi connectivity index (χ0n) is 13.1. The summed E-state index contributed by atoms with van der Waals surface area (Å²) >= 11 is 0. The Hall–Kier alpha value is -1.18. The van der Waals surface area contributed by atoms with E-state index in [1.54, 1.807) is 0 Å². The molecule has 0 aliphatic carbocycles. The molecule has 0 fully saturated rings. The molecule has 0 saturated heterocycles. The van der Waals surface area contributed by atoms with Crippen LogP contribution in [0.15, 0.2) is 18.2 Å². The van der Waals surface area contributed by atoms with E-state index >= 15 is 0 Å². The predicted molar refractivity (Wildman–Crippen MR) is 84.6 cm³/mol. The molecule has 0 unspecified atom stereocenters. The van der Waals surface area contributed by atoms with E-state index in [-0.39, 0.29) is 0 Å². The van der Waals surface area contributed by atoms with Crippen molar-refractivity contribution >= 4 is 0 Å². The van der Waals surface area contributed by atoms with Crippen molar-refractivity contribution in [3.05, 3.63) is 24.3 Å². The first-order chi connectivity index (χ1) is 9.86. The van der Waals surface area contributed by atoms with Crippen molar-refractivity contribution in [2.75, 3.05) is 13.2 Å². The number of benzene rings is 1. The van der Waals surface area contributed by atoms with E-state index in [1.165, 1.54) is 38.5 Å². The maximum absolute atomic E-state index is 5.73. The second-order valence-corrected chi connectivity index (χ2v) is 5.22. The quantitative estimate of drug-likeness (QED) is 0.476. The fraction of sp³-hybridized carbons (Fsp3) is 0.667. The maximum Gasteiger partial charge on any atom is 0.123 e. The normalized spacial score (nSPS) is 10.5. The van der Waals surface area contributed by atoms with Crippen LogP contribution < -0.4 is 9.47 Å². The highest BCUT2D eigenvalue weighted by molar-refractivity contribution is 5.32. The molecule has 0 bridgehead atoms. The van der Waals surface area contributed by atoms with Gasteiger partial charge in [0.15, 0.2) is 0 Å². The van der Waals surface area contributed by atoms with Crippen LogP contribution in [0.4, 0.5) is 0 Å². The molecule has 2 heteroatoms. The molecular weight excluding hydrogens is 248 g/mol. The molecule has 1 aromatic carbocycles. The van der Waals surface area contributed by atoms with E-state index in [0.717, 1.165) is 37.6 Å². The van der Waals surface area contributed by atoms with E-state index in [9.17, 15) is 0 Å². The van der Waals surface area contributed by atoms with Gasteiger partial charge in [-0.25, -0.2) is 0 Å². The molecule has 0 heterocycles. The van der Waals surface area contributed by atoms with Crippen LogP contribution in [0.5, 0.6) is 11.5 Å². The molecule has 0 N–H and O–H groups in total. The summed E-state index contributed by atoms with van der Waals surface area (Å²) in [5.41, 5.74) is 0. The summed E-state index contributed by atoms with van der Waals surface area (Å²) < 4.78 is 11.5. The van der Waals surface area contributed by atoms with Crippen molar-refractivity contribution in [2.24, 2.45) is 0 Å². The highest BCUT2D eigenvalue weighted by Crippen LogP contribution is 2.19. The molecule has 20 heavy (non-hydrogen) atoms. The lowest BCUT2D eigenvalue weighted by Crippen LogP contribution is -1.99. The molecule has 0 saturated carbocycles. The average molecular weight is 277 g/mol. The zero-order valence-corrected chi connectivity index (χ0v) is 13.1. The summed E-state index contributed by atoms with van der Waals surface area (Å²) in [5, 5.41) is 0. The number of ether oxygens (including phenoxy) is 2. The van der Waals surface area contributed by atoms with Crippen LogP contribution in [0.2, 0.25) is 0 Å². The van der Waals surface area contributed by atoms with E-state index < -0.39 is 0 Å². The molecule has 0 spiro atoms. The van der Waals surface area contributed by atoms with Crippen molar-refractivity contribution < 1.29 is 9.47 Å². The van der Waals surface area contributed by atoms with Gasteiger partial charge in [-0.15, -0.1) is 0 Å². The number of unbranched alkanes of at least 4 members (excludes halogenated alkanes) is 6. The summed E-state index contributed by atoms with van der Waals surface area (Å²) in [5.74, 6) is 1.74. The van der Waals surface area contributed by atoms with Gasteiger partial charge in [0.05, 0.1) is 13.2 Å². The Morgan fingerprint density at radius 2 is 1.25 bits per heavy atom. The fourth-order valence-corrected chi connectivity index (χ4v) is 2.03. The molecule has 1 rings (SSSR count). The predicted octanol–water partition coefficient (Wildman–Crippen LogP) is 5.40. The standard InChI is InChI=1S/C18H29O2/c1-3-5-7-9-14-19-17-12-11-13-18(16-17)20-15-10-8-6-4-2/h12-13,16H,3-10,14-15H2,1-2H3. The molecule has 0 aromatic heterocycles. The van der Waals surface area contributed by atoms with Gasteiger partial charge < -0.3 is 9.47 Å². The summed E-state index contributed by atoms with van der Waals surface area (Å²) in [6.45, 7) is 6.01. The summed E-state index contributed by atoms with van der Waals surface area (Å²) in [6.07, 6.45) is 9.82. The Labute approximate surface area is 124 Å². The molecule has 0 atom stereocenters. The summed E-state index contributed by atoms with van der Waals surface area (Å²) in [4.78, 5) is 0. The second kappa shape index (κ2) is 11.6. The summed E-state index contributed by atoms with van der Waals surface area (Å²) in [6, 6.07) is 8.81. The number of hydrogen-bond donors (Lipinski definition) is 0. The van der Waals surface area contributed by atoms with E-state index in [1.807, 2.05) is 18.2 Å². The fourth-order valence-electron chi connectivity index (χ4n) is 2.03. The van der Waals surface area contributed by atoms with Gasteiger partial charge in [-0.3, -0.25) is 0 Å². The first-order valence-corrected chi connectivity index (χ1v) is 8.13. The van der Waals surface area contributed by atoms with E-state index in [4.69, 9.17) is 9.47 Å². The van der Waals surface area contributed by atoms with Crippen LogP contribution in [-0.4, -0.2) is 13.2 Å². The zero-order chi connectivity index (χ0) is 14.5. The lowest BCUT2D eigenvalue weighted by molar-refractivity contribution is 0.290. The Morgan fingerprint density at radius 3 is 1.70 bits per heavy atom. The largest absolute Gasteiger partial charge is 0.493 e. The molecule has 0 aliphatic heterocycles. The van der Waals surface area contributed by atoms with Crippen molar-refractivity contribution in [2.45, 2.75) is 65.2 Å². The monoisotopic (exact) mass is 277 g/mol. The van der Waals surface area contributed by atoms with Gasteiger partial charge in [0.25, 0.3) is 0 Å². The SMILES string of the molecule is CCCCCCOc1c[c]cc(OCCCCCC)c1. The van der Waals surface area contributed by atoms with Crippen molar-refractivity contribution in [1.29, 1.82) is 0 Å². The van der Waals surface area contributed by atoms with Crippen LogP contribution in [0.1, 0.15) is 65.2 Å². The number of rotatable bonds is 12. The van der Waals surface area contributed by atoms with Crippen molar-refractivity contribution in [3.63, 3.8) is 0 Å². The van der Waals surface area contributed by atoms with Gasteiger partial charge in [-0.2, -0.15) is 0 Å². The van der Waals surface area contributed by atoms with Gasteiger partial charge in [-0.1, -0.05) is 52.4 Å². The van der Waals surface area contributed by atoms with Gasteiger partial charge >= 0.3 is 0 Å². The van der Waals surface area contributed by atoms with E-state index in [0.29, 0.717) is 0 Å². The van der Waals surface area contributed by atoms with Gasteiger partial charge in [0.2, 0.25) is 0 Å². The third-order valence-electron chi connectivity index (χ3n) is 3.27. The Kier molecular flexibility index (Phi) is 9.81. The second-order valence-electron chi connectivity index (χ2n) is 5.22. The third kappa shape index (κ3) is 8.08. The third-order valence-corrected chi connectivity index (χ3v) is 3.27. The van der Waals surface area contributed by atoms with Crippen LogP contribution >= 0.6 is 0 Å². The molecule has 113 valence electrons. The minimum Gasteiger partial charge on any atom is -0.493 e. The maximum atomic E-state index is 5.73. The number of hydrogen-bond acceptors (Lipinski definition) is 2. The summed E-state index contributed by atoms with van der Waals surface area (Å²) in [7, 11) is 0.